The van der Waals surface area contributed by atoms with Crippen molar-refractivity contribution in [2.24, 2.45) is 0 Å². The van der Waals surface area contributed by atoms with Gasteiger partial charge in [0, 0.05) is 13.7 Å². The second kappa shape index (κ2) is 14.1. The molecule has 0 aromatic carbocycles. The Balaban J connectivity index is 2.81. The minimum absolute atomic E-state index is 0.579. The number of hydrogen-bond acceptors (Lipinski definition) is 5. The highest BCUT2D eigenvalue weighted by atomic mass is 35.5. The summed E-state index contributed by atoms with van der Waals surface area (Å²) in [6.45, 7) is 4.80. The predicted octanol–water partition coefficient (Wildman–Crippen LogP) is 0.426. The van der Waals surface area contributed by atoms with Crippen molar-refractivity contribution in [3.63, 3.8) is 0 Å². The number of hydrogen-bond donors (Lipinski definition) is 1. The molecule has 92 valence electrons. The molecule has 0 aliphatic heterocycles. The molecule has 0 bridgehead atoms. The fourth-order valence-corrected chi connectivity index (χ4v) is 0.872. The maximum Gasteiger partial charge on any atom is 0.0701 e. The highest BCUT2D eigenvalue weighted by Crippen LogP contribution is 1.81. The van der Waals surface area contributed by atoms with Crippen LogP contribution in [0.4, 0.5) is 0 Å². The summed E-state index contributed by atoms with van der Waals surface area (Å²) in [6.07, 6.45) is 0. The number of ether oxygens (including phenoxy) is 4. The summed E-state index contributed by atoms with van der Waals surface area (Å²) in [4.78, 5) is 2.47. The molecule has 15 heavy (non-hydrogen) atoms. The second-order valence-electron chi connectivity index (χ2n) is 2.71. The standard InChI is InChI=1S/C9H20ClNO4/c1-12-4-5-14-8-9-15-7-6-13-3-2-11-10/h11H,2-9H2,1H3. The zero-order valence-corrected chi connectivity index (χ0v) is 9.92. The molecule has 0 atom stereocenters. The van der Waals surface area contributed by atoms with Crippen LogP contribution in [0.1, 0.15) is 0 Å². The van der Waals surface area contributed by atoms with Gasteiger partial charge in [-0.1, -0.05) is 0 Å². The molecule has 0 amide bonds. The van der Waals surface area contributed by atoms with Gasteiger partial charge < -0.3 is 18.9 Å². The van der Waals surface area contributed by atoms with Crippen molar-refractivity contribution in [3.8, 4) is 0 Å². The third-order valence-corrected chi connectivity index (χ3v) is 1.71. The zero-order chi connectivity index (χ0) is 11.2. The molecule has 0 aliphatic rings. The average molecular weight is 242 g/mol. The van der Waals surface area contributed by atoms with Crippen LogP contribution in [-0.4, -0.2) is 59.9 Å². The smallest absolute Gasteiger partial charge is 0.0701 e. The Kier molecular flexibility index (Phi) is 14.2. The number of halogens is 1. The third kappa shape index (κ3) is 14.1. The van der Waals surface area contributed by atoms with E-state index in [1.54, 1.807) is 7.11 Å². The summed E-state index contributed by atoms with van der Waals surface area (Å²) in [5, 5.41) is 0. The molecule has 0 heterocycles. The Hall–Kier alpha value is 0.0900. The molecule has 0 spiro atoms. The molecule has 0 rings (SSSR count). The monoisotopic (exact) mass is 241 g/mol. The first-order chi connectivity index (χ1) is 7.41. The molecular weight excluding hydrogens is 222 g/mol. The molecule has 0 radical (unpaired) electrons. The van der Waals surface area contributed by atoms with Crippen molar-refractivity contribution in [1.29, 1.82) is 0 Å². The van der Waals surface area contributed by atoms with Crippen LogP contribution >= 0.6 is 11.8 Å². The van der Waals surface area contributed by atoms with E-state index in [4.69, 9.17) is 30.7 Å². The lowest BCUT2D eigenvalue weighted by Gasteiger charge is -2.06. The first kappa shape index (κ1) is 15.1. The van der Waals surface area contributed by atoms with E-state index in [1.165, 1.54) is 0 Å². The lowest BCUT2D eigenvalue weighted by molar-refractivity contribution is 0.00445. The van der Waals surface area contributed by atoms with Gasteiger partial charge in [-0.15, -0.1) is 0 Å². The quantitative estimate of drug-likeness (QED) is 0.397. The van der Waals surface area contributed by atoms with E-state index in [0.717, 1.165) is 0 Å². The van der Waals surface area contributed by atoms with E-state index < -0.39 is 0 Å². The van der Waals surface area contributed by atoms with E-state index in [9.17, 15) is 0 Å². The van der Waals surface area contributed by atoms with Gasteiger partial charge in [0.15, 0.2) is 0 Å². The average Bonchev–Trinajstić information content (AvgIpc) is 2.26. The van der Waals surface area contributed by atoms with Crippen molar-refractivity contribution < 1.29 is 18.9 Å². The SMILES string of the molecule is COCCOCCOCCOCCNCl. The largest absolute Gasteiger partial charge is 0.382 e. The fourth-order valence-electron chi connectivity index (χ4n) is 0.795. The molecule has 0 unspecified atom stereocenters. The summed E-state index contributed by atoms with van der Waals surface area (Å²) in [6, 6.07) is 0. The molecule has 0 aliphatic carbocycles. The maximum atomic E-state index is 5.25. The highest BCUT2D eigenvalue weighted by molar-refractivity contribution is 6.13. The molecule has 1 N–H and O–H groups in total. The summed E-state index contributed by atoms with van der Waals surface area (Å²) < 4.78 is 20.5. The maximum absolute atomic E-state index is 5.25. The molecule has 0 saturated heterocycles. The summed E-state index contributed by atoms with van der Waals surface area (Å²) >= 11 is 5.24. The first-order valence-corrected chi connectivity index (χ1v) is 5.35. The van der Waals surface area contributed by atoms with Crippen LogP contribution in [0.5, 0.6) is 0 Å². The van der Waals surface area contributed by atoms with E-state index in [-0.39, 0.29) is 0 Å². The van der Waals surface area contributed by atoms with Gasteiger partial charge in [-0.05, 0) is 11.8 Å². The van der Waals surface area contributed by atoms with Gasteiger partial charge in [0.05, 0.1) is 46.2 Å². The fraction of sp³-hybridized carbons (Fsp3) is 1.00. The Morgan fingerprint density at radius 1 is 0.800 bits per heavy atom. The Bertz CT molecular complexity index is 106. The van der Waals surface area contributed by atoms with Gasteiger partial charge in [-0.2, -0.15) is 0 Å². The minimum atomic E-state index is 0.579. The third-order valence-electron chi connectivity index (χ3n) is 1.52. The number of rotatable bonds is 12. The molecule has 6 heteroatoms. The van der Waals surface area contributed by atoms with E-state index in [2.05, 4.69) is 4.84 Å². The van der Waals surface area contributed by atoms with Crippen LogP contribution in [-0.2, 0) is 18.9 Å². The first-order valence-electron chi connectivity index (χ1n) is 4.97. The van der Waals surface area contributed by atoms with Gasteiger partial charge in [-0.25, -0.2) is 4.84 Å². The number of methoxy groups -OCH3 is 1. The molecule has 0 aromatic rings. The Morgan fingerprint density at radius 3 is 1.73 bits per heavy atom. The topological polar surface area (TPSA) is 49.0 Å². The van der Waals surface area contributed by atoms with Crippen LogP contribution in [0.15, 0.2) is 0 Å². The van der Waals surface area contributed by atoms with Crippen molar-refractivity contribution in [1.82, 2.24) is 4.84 Å². The van der Waals surface area contributed by atoms with Gasteiger partial charge in [0.2, 0.25) is 0 Å². The summed E-state index contributed by atoms with van der Waals surface area (Å²) in [5.41, 5.74) is 0. The molecule has 0 fully saturated rings. The van der Waals surface area contributed by atoms with Crippen LogP contribution < -0.4 is 4.84 Å². The molecular formula is C9H20ClNO4. The number of nitrogens with one attached hydrogen (secondary N) is 1. The minimum Gasteiger partial charge on any atom is -0.382 e. The zero-order valence-electron chi connectivity index (χ0n) is 9.17. The van der Waals surface area contributed by atoms with Crippen LogP contribution in [0.25, 0.3) is 0 Å². The second-order valence-corrected chi connectivity index (χ2v) is 2.98. The molecule has 0 saturated carbocycles. The van der Waals surface area contributed by atoms with Crippen LogP contribution in [0.2, 0.25) is 0 Å². The van der Waals surface area contributed by atoms with E-state index >= 15 is 0 Å². The van der Waals surface area contributed by atoms with Crippen molar-refractivity contribution in [3.05, 3.63) is 0 Å². The summed E-state index contributed by atoms with van der Waals surface area (Å²) in [5.74, 6) is 0. The Morgan fingerprint density at radius 2 is 1.27 bits per heavy atom. The molecule has 5 nitrogen and oxygen atoms in total. The van der Waals surface area contributed by atoms with Gasteiger partial charge in [-0.3, -0.25) is 0 Å². The van der Waals surface area contributed by atoms with Crippen molar-refractivity contribution >= 4 is 11.8 Å². The van der Waals surface area contributed by atoms with Gasteiger partial charge in [0.25, 0.3) is 0 Å². The van der Waals surface area contributed by atoms with E-state index in [1.807, 2.05) is 0 Å². The highest BCUT2D eigenvalue weighted by Gasteiger charge is 1.91. The van der Waals surface area contributed by atoms with Crippen molar-refractivity contribution in [2.75, 3.05) is 59.9 Å². The lowest BCUT2D eigenvalue weighted by atomic mass is 10.7. The van der Waals surface area contributed by atoms with Gasteiger partial charge in [0.1, 0.15) is 0 Å². The van der Waals surface area contributed by atoms with Crippen LogP contribution in [0.3, 0.4) is 0 Å². The Labute approximate surface area is 96.1 Å². The normalized spacial score (nSPS) is 10.8. The van der Waals surface area contributed by atoms with Crippen LogP contribution in [0, 0.1) is 0 Å². The van der Waals surface area contributed by atoms with Crippen molar-refractivity contribution in [2.45, 2.75) is 0 Å². The summed E-state index contributed by atoms with van der Waals surface area (Å²) in [7, 11) is 1.65. The predicted molar refractivity (Wildman–Crippen MR) is 58.2 cm³/mol. The molecule has 0 aromatic heterocycles. The lowest BCUT2D eigenvalue weighted by Crippen LogP contribution is -2.14. The van der Waals surface area contributed by atoms with Gasteiger partial charge >= 0.3 is 0 Å². The van der Waals surface area contributed by atoms with E-state index in [0.29, 0.717) is 52.8 Å².